The largest absolute Gasteiger partial charge is 0.508 e. The molecule has 0 radical (unpaired) electrons. The summed E-state index contributed by atoms with van der Waals surface area (Å²) in [5, 5.41) is 20.2. The number of fused-ring (bicyclic) bond motifs is 5. The maximum Gasteiger partial charge on any atom is 0.115 e. The van der Waals surface area contributed by atoms with Crippen molar-refractivity contribution in [1.29, 1.82) is 0 Å². The van der Waals surface area contributed by atoms with Crippen molar-refractivity contribution in [3.8, 4) is 5.75 Å². The van der Waals surface area contributed by atoms with Crippen molar-refractivity contribution >= 4 is 0 Å². The van der Waals surface area contributed by atoms with Crippen molar-refractivity contribution in [2.75, 3.05) is 0 Å². The van der Waals surface area contributed by atoms with Gasteiger partial charge in [-0.3, -0.25) is 0 Å². The highest BCUT2D eigenvalue weighted by atomic mass is 16.3. The van der Waals surface area contributed by atoms with Gasteiger partial charge in [0, 0.05) is 0 Å². The topological polar surface area (TPSA) is 40.5 Å². The first-order valence-electron chi connectivity index (χ1n) is 8.50. The van der Waals surface area contributed by atoms with Crippen LogP contribution >= 0.6 is 0 Å². The Bertz CT molecular complexity index is 567. The summed E-state index contributed by atoms with van der Waals surface area (Å²) in [7, 11) is 0. The van der Waals surface area contributed by atoms with Gasteiger partial charge in [-0.05, 0) is 84.5 Å². The number of aryl methyl sites for hydroxylation is 1. The number of rotatable bonds is 0. The van der Waals surface area contributed by atoms with Crippen molar-refractivity contribution < 1.29 is 10.2 Å². The van der Waals surface area contributed by atoms with Gasteiger partial charge >= 0.3 is 0 Å². The molecule has 2 nitrogen and oxygen atoms in total. The second-order valence-electron chi connectivity index (χ2n) is 8.00. The van der Waals surface area contributed by atoms with Gasteiger partial charge in [-0.1, -0.05) is 19.9 Å². The highest BCUT2D eigenvalue weighted by molar-refractivity contribution is 5.40. The van der Waals surface area contributed by atoms with Gasteiger partial charge in [-0.15, -0.1) is 0 Å². The fourth-order valence-corrected chi connectivity index (χ4v) is 6.10. The first kappa shape index (κ1) is 13.6. The quantitative estimate of drug-likeness (QED) is 0.760. The van der Waals surface area contributed by atoms with Crippen LogP contribution in [0.3, 0.4) is 0 Å². The van der Waals surface area contributed by atoms with Crippen molar-refractivity contribution in [2.24, 2.45) is 23.2 Å². The summed E-state index contributed by atoms with van der Waals surface area (Å²) in [5.74, 6) is 3.03. The zero-order valence-corrected chi connectivity index (χ0v) is 13.0. The Kier molecular flexibility index (Phi) is 2.91. The number of benzene rings is 1. The Balaban J connectivity index is 1.76. The molecule has 4 rings (SSSR count). The lowest BCUT2D eigenvalue weighted by Gasteiger charge is -2.53. The molecule has 6 atom stereocenters. The van der Waals surface area contributed by atoms with Gasteiger partial charge in [0.15, 0.2) is 0 Å². The number of hydrogen-bond donors (Lipinski definition) is 2. The fourth-order valence-electron chi connectivity index (χ4n) is 6.10. The number of phenols is 1. The molecule has 0 amide bonds. The van der Waals surface area contributed by atoms with E-state index in [0.29, 0.717) is 29.4 Å². The predicted molar refractivity (Wildman–Crippen MR) is 83.3 cm³/mol. The molecule has 2 saturated carbocycles. The molecule has 0 bridgehead atoms. The molecule has 21 heavy (non-hydrogen) atoms. The summed E-state index contributed by atoms with van der Waals surface area (Å²) in [5.41, 5.74) is 2.96. The lowest BCUT2D eigenvalue weighted by atomic mass is 9.52. The lowest BCUT2D eigenvalue weighted by molar-refractivity contribution is -0.0441. The minimum absolute atomic E-state index is 0.105. The third-order valence-corrected chi connectivity index (χ3v) is 6.95. The van der Waals surface area contributed by atoms with Crippen LogP contribution in [0.2, 0.25) is 0 Å². The molecule has 3 unspecified atom stereocenters. The van der Waals surface area contributed by atoms with Gasteiger partial charge in [0.05, 0.1) is 6.10 Å². The van der Waals surface area contributed by atoms with Crippen LogP contribution in [0.1, 0.15) is 56.6 Å². The minimum Gasteiger partial charge on any atom is -0.508 e. The van der Waals surface area contributed by atoms with Gasteiger partial charge in [-0.25, -0.2) is 0 Å². The molecule has 3 aliphatic rings. The van der Waals surface area contributed by atoms with E-state index < -0.39 is 0 Å². The van der Waals surface area contributed by atoms with Crippen LogP contribution in [0, 0.1) is 23.2 Å². The van der Waals surface area contributed by atoms with E-state index in [1.807, 2.05) is 12.1 Å². The summed E-state index contributed by atoms with van der Waals surface area (Å²) < 4.78 is 0. The van der Waals surface area contributed by atoms with Crippen molar-refractivity contribution in [2.45, 2.75) is 58.0 Å². The minimum atomic E-state index is -0.105. The maximum absolute atomic E-state index is 10.5. The average Bonchev–Trinajstić information content (AvgIpc) is 2.74. The van der Waals surface area contributed by atoms with Crippen LogP contribution in [-0.4, -0.2) is 16.3 Å². The maximum atomic E-state index is 10.5. The summed E-state index contributed by atoms with van der Waals surface area (Å²) in [4.78, 5) is 0. The number of aromatic hydroxyl groups is 1. The van der Waals surface area contributed by atoms with Gasteiger partial charge in [0.1, 0.15) is 5.75 Å². The molecule has 2 fully saturated rings. The molecule has 0 aliphatic heterocycles. The molecule has 0 aromatic heterocycles. The van der Waals surface area contributed by atoms with Crippen molar-refractivity contribution in [3.05, 3.63) is 29.3 Å². The van der Waals surface area contributed by atoms with Crippen LogP contribution in [0.25, 0.3) is 0 Å². The van der Waals surface area contributed by atoms with E-state index in [2.05, 4.69) is 19.9 Å². The lowest BCUT2D eigenvalue weighted by Crippen LogP contribution is -2.47. The van der Waals surface area contributed by atoms with Gasteiger partial charge in [-0.2, -0.15) is 0 Å². The molecule has 1 aromatic carbocycles. The summed E-state index contributed by atoms with van der Waals surface area (Å²) >= 11 is 0. The highest BCUT2D eigenvalue weighted by Crippen LogP contribution is 2.62. The number of aliphatic hydroxyl groups excluding tert-OH is 1. The summed E-state index contributed by atoms with van der Waals surface area (Å²) in [6.07, 6.45) is 5.52. The zero-order chi connectivity index (χ0) is 14.8. The smallest absolute Gasteiger partial charge is 0.115 e. The molecule has 0 spiro atoms. The molecule has 2 heteroatoms. The average molecular weight is 286 g/mol. The van der Waals surface area contributed by atoms with Gasteiger partial charge in [0.25, 0.3) is 0 Å². The van der Waals surface area contributed by atoms with Gasteiger partial charge < -0.3 is 10.2 Å². The Labute approximate surface area is 127 Å². The Hall–Kier alpha value is -1.02. The predicted octanol–water partition coefficient (Wildman–Crippen LogP) is 3.86. The SMILES string of the molecule is C[C@H]1C[C@@]2(C)C(CC[C@@H]2O)C2CCc3cc(O)ccc3C21. The van der Waals surface area contributed by atoms with Crippen LogP contribution in [0.4, 0.5) is 0 Å². The van der Waals surface area contributed by atoms with E-state index in [1.54, 1.807) is 0 Å². The normalized spacial score (nSPS) is 44.8. The zero-order valence-electron chi connectivity index (χ0n) is 13.0. The van der Waals surface area contributed by atoms with Crippen molar-refractivity contribution in [1.82, 2.24) is 0 Å². The van der Waals surface area contributed by atoms with E-state index >= 15 is 0 Å². The van der Waals surface area contributed by atoms with Gasteiger partial charge in [0.2, 0.25) is 0 Å². The first-order valence-corrected chi connectivity index (χ1v) is 8.50. The van der Waals surface area contributed by atoms with Crippen LogP contribution in [-0.2, 0) is 6.42 Å². The number of hydrogen-bond acceptors (Lipinski definition) is 2. The molecule has 2 N–H and O–H groups in total. The Morgan fingerprint density at radius 2 is 2.00 bits per heavy atom. The number of aliphatic hydroxyl groups is 1. The third kappa shape index (κ3) is 1.81. The van der Waals surface area contributed by atoms with E-state index in [0.717, 1.165) is 19.3 Å². The summed E-state index contributed by atoms with van der Waals surface area (Å²) in [6.45, 7) is 4.69. The molecule has 114 valence electrons. The molecular formula is C19H26O2. The molecule has 0 saturated heterocycles. The number of phenolic OH excluding ortho intramolecular Hbond substituents is 1. The van der Waals surface area contributed by atoms with Crippen LogP contribution < -0.4 is 0 Å². The Morgan fingerprint density at radius 3 is 2.81 bits per heavy atom. The van der Waals surface area contributed by atoms with Crippen molar-refractivity contribution in [3.63, 3.8) is 0 Å². The van der Waals surface area contributed by atoms with E-state index in [-0.39, 0.29) is 11.5 Å². The van der Waals surface area contributed by atoms with E-state index in [9.17, 15) is 10.2 Å². The second kappa shape index (κ2) is 4.49. The van der Waals surface area contributed by atoms with Crippen LogP contribution in [0.5, 0.6) is 5.75 Å². The molecule has 0 heterocycles. The monoisotopic (exact) mass is 286 g/mol. The van der Waals surface area contributed by atoms with E-state index in [1.165, 1.54) is 24.0 Å². The standard InChI is InChI=1S/C19H26O2/c1-11-10-19(2)16(7-8-17(19)21)15-5-3-12-9-13(20)4-6-14(12)18(11)15/h4,6,9,11,15-18,20-21H,3,5,7-8,10H2,1-2H3/t11-,15?,16?,17-,18?,19-/m0/s1. The second-order valence-corrected chi connectivity index (χ2v) is 8.00. The highest BCUT2D eigenvalue weighted by Gasteiger charge is 2.56. The first-order chi connectivity index (χ1) is 10.0. The Morgan fingerprint density at radius 1 is 1.19 bits per heavy atom. The summed E-state index contributed by atoms with van der Waals surface area (Å²) in [6, 6.07) is 5.98. The van der Waals surface area contributed by atoms with Crippen LogP contribution in [0.15, 0.2) is 18.2 Å². The van der Waals surface area contributed by atoms with E-state index in [4.69, 9.17) is 0 Å². The molecular weight excluding hydrogens is 260 g/mol. The molecule has 1 aromatic rings. The third-order valence-electron chi connectivity index (χ3n) is 6.95. The molecule has 3 aliphatic carbocycles. The fraction of sp³-hybridized carbons (Fsp3) is 0.684.